The largest absolute Gasteiger partial charge is 0.493 e. The number of hydrogen-bond donors (Lipinski definition) is 1. The average molecular weight is 531 g/mol. The lowest BCUT2D eigenvalue weighted by molar-refractivity contribution is -0.123. The van der Waals surface area contributed by atoms with E-state index in [1.54, 1.807) is 28.4 Å². The summed E-state index contributed by atoms with van der Waals surface area (Å²) in [5.41, 5.74) is 7.41. The van der Waals surface area contributed by atoms with Crippen LogP contribution in [-0.2, 0) is 24.1 Å². The van der Waals surface area contributed by atoms with Gasteiger partial charge in [-0.25, -0.2) is 0 Å². The molecule has 7 heteroatoms. The fraction of sp³-hybridized carbons (Fsp3) is 0.406. The van der Waals surface area contributed by atoms with Gasteiger partial charge in [0, 0.05) is 12.6 Å². The van der Waals surface area contributed by atoms with Gasteiger partial charge >= 0.3 is 0 Å². The zero-order chi connectivity index (χ0) is 27.5. The predicted octanol–water partition coefficient (Wildman–Crippen LogP) is 4.98. The number of fused-ring (bicyclic) bond motifs is 2. The quantitative estimate of drug-likeness (QED) is 0.421. The lowest BCUT2D eigenvalue weighted by atomic mass is 9.88. The minimum atomic E-state index is -0.0180. The standard InChI is InChI=1S/C32H38N2O5/c1-20-7-6-8-24-23(20)10-11-26(24)33-32(35)19-34-14-13-22-17-30(38-4)31(39-5)18-25(22)27(34)15-21-9-12-28(36-2)29(16-21)37-3/h6-9,12,16-18,26-27H,10-11,13-15,19H2,1-5H3,(H,33,35). The number of aryl methyl sites for hydroxylation is 1. The molecular weight excluding hydrogens is 492 g/mol. The Balaban J connectivity index is 1.42. The minimum Gasteiger partial charge on any atom is -0.493 e. The number of rotatable bonds is 9. The molecule has 0 spiro atoms. The molecule has 1 aliphatic carbocycles. The van der Waals surface area contributed by atoms with Gasteiger partial charge in [0.25, 0.3) is 0 Å². The molecule has 1 heterocycles. The van der Waals surface area contributed by atoms with Crippen molar-refractivity contribution in [3.63, 3.8) is 0 Å². The van der Waals surface area contributed by atoms with Crippen molar-refractivity contribution in [2.45, 2.75) is 44.7 Å². The molecule has 7 nitrogen and oxygen atoms in total. The van der Waals surface area contributed by atoms with Gasteiger partial charge in [-0.15, -0.1) is 0 Å². The highest BCUT2D eigenvalue weighted by Crippen LogP contribution is 2.40. The number of nitrogens with one attached hydrogen (secondary N) is 1. The molecule has 3 aromatic rings. The second-order valence-electron chi connectivity index (χ2n) is 10.3. The van der Waals surface area contributed by atoms with Crippen molar-refractivity contribution in [2.75, 3.05) is 41.5 Å². The van der Waals surface area contributed by atoms with Gasteiger partial charge in [0.2, 0.25) is 5.91 Å². The van der Waals surface area contributed by atoms with Crippen LogP contribution in [0.3, 0.4) is 0 Å². The Bertz CT molecular complexity index is 1350. The fourth-order valence-corrected chi connectivity index (χ4v) is 6.15. The van der Waals surface area contributed by atoms with Crippen molar-refractivity contribution in [1.29, 1.82) is 0 Å². The molecule has 5 rings (SSSR count). The van der Waals surface area contributed by atoms with E-state index in [1.165, 1.54) is 22.3 Å². The highest BCUT2D eigenvalue weighted by Gasteiger charge is 2.32. The number of methoxy groups -OCH3 is 4. The van der Waals surface area contributed by atoms with E-state index >= 15 is 0 Å². The Morgan fingerprint density at radius 3 is 2.33 bits per heavy atom. The molecule has 0 saturated carbocycles. The summed E-state index contributed by atoms with van der Waals surface area (Å²) in [5.74, 6) is 2.86. The van der Waals surface area contributed by atoms with Crippen LogP contribution in [-0.4, -0.2) is 52.3 Å². The molecule has 1 aliphatic heterocycles. The molecule has 0 aromatic heterocycles. The van der Waals surface area contributed by atoms with Gasteiger partial charge in [-0.3, -0.25) is 9.69 Å². The van der Waals surface area contributed by atoms with E-state index in [2.05, 4.69) is 53.5 Å². The van der Waals surface area contributed by atoms with E-state index in [4.69, 9.17) is 18.9 Å². The topological polar surface area (TPSA) is 69.3 Å². The van der Waals surface area contributed by atoms with Crippen LogP contribution in [0.25, 0.3) is 0 Å². The molecule has 1 N–H and O–H groups in total. The Labute approximate surface area is 231 Å². The van der Waals surface area contributed by atoms with E-state index < -0.39 is 0 Å². The van der Waals surface area contributed by atoms with Gasteiger partial charge in [-0.2, -0.15) is 0 Å². The molecule has 3 aromatic carbocycles. The lowest BCUT2D eigenvalue weighted by Crippen LogP contribution is -2.44. The number of carbonyl (C=O) groups excluding carboxylic acids is 1. The van der Waals surface area contributed by atoms with E-state index in [0.717, 1.165) is 42.7 Å². The summed E-state index contributed by atoms with van der Waals surface area (Å²) in [5, 5.41) is 3.33. The van der Waals surface area contributed by atoms with Gasteiger partial charge in [0.15, 0.2) is 23.0 Å². The number of hydrogen-bond acceptors (Lipinski definition) is 6. The summed E-state index contributed by atoms with van der Waals surface area (Å²) in [4.78, 5) is 15.7. The first kappa shape index (κ1) is 26.9. The van der Waals surface area contributed by atoms with Crippen molar-refractivity contribution < 1.29 is 23.7 Å². The maximum atomic E-state index is 13.4. The van der Waals surface area contributed by atoms with Crippen LogP contribution in [0.15, 0.2) is 48.5 Å². The van der Waals surface area contributed by atoms with Crippen LogP contribution in [0.2, 0.25) is 0 Å². The summed E-state index contributed by atoms with van der Waals surface area (Å²) >= 11 is 0. The van der Waals surface area contributed by atoms with Crippen molar-refractivity contribution in [1.82, 2.24) is 10.2 Å². The number of ether oxygens (including phenoxy) is 4. The second kappa shape index (κ2) is 11.6. The Morgan fingerprint density at radius 1 is 0.872 bits per heavy atom. The molecule has 0 bridgehead atoms. The van der Waals surface area contributed by atoms with E-state index in [9.17, 15) is 4.79 Å². The van der Waals surface area contributed by atoms with Crippen molar-refractivity contribution in [3.05, 3.63) is 81.9 Å². The number of nitrogens with zero attached hydrogens (tertiary/aromatic N) is 1. The van der Waals surface area contributed by atoms with E-state index in [1.807, 2.05) is 12.1 Å². The van der Waals surface area contributed by atoms with Gasteiger partial charge in [-0.1, -0.05) is 24.3 Å². The number of benzene rings is 3. The Hall–Kier alpha value is -3.71. The summed E-state index contributed by atoms with van der Waals surface area (Å²) < 4.78 is 22.2. The van der Waals surface area contributed by atoms with Gasteiger partial charge in [0.1, 0.15) is 0 Å². The highest BCUT2D eigenvalue weighted by molar-refractivity contribution is 5.79. The molecule has 0 radical (unpaired) electrons. The molecule has 2 atom stereocenters. The first-order valence-electron chi connectivity index (χ1n) is 13.5. The maximum absolute atomic E-state index is 13.4. The SMILES string of the molecule is COc1ccc(CC2c3cc(OC)c(OC)cc3CCN2CC(=O)NC2CCc3c(C)cccc32)cc1OC. The van der Waals surface area contributed by atoms with Gasteiger partial charge in [0.05, 0.1) is 41.0 Å². The minimum absolute atomic E-state index is 0.0180. The summed E-state index contributed by atoms with van der Waals surface area (Å²) in [6.07, 6.45) is 3.49. The summed E-state index contributed by atoms with van der Waals surface area (Å²) in [6.45, 7) is 3.24. The molecule has 0 saturated heterocycles. The smallest absolute Gasteiger partial charge is 0.234 e. The van der Waals surface area contributed by atoms with Crippen LogP contribution in [0.1, 0.15) is 51.9 Å². The van der Waals surface area contributed by atoms with E-state index in [0.29, 0.717) is 30.2 Å². The maximum Gasteiger partial charge on any atom is 0.234 e. The molecule has 1 amide bonds. The Kier molecular flexibility index (Phi) is 7.98. The third-order valence-corrected chi connectivity index (χ3v) is 8.18. The second-order valence-corrected chi connectivity index (χ2v) is 10.3. The lowest BCUT2D eigenvalue weighted by Gasteiger charge is -2.38. The normalized spacial score (nSPS) is 18.2. The monoisotopic (exact) mass is 530 g/mol. The number of carbonyl (C=O) groups is 1. The fourth-order valence-electron chi connectivity index (χ4n) is 6.15. The van der Waals surface area contributed by atoms with Crippen molar-refractivity contribution in [2.24, 2.45) is 0 Å². The molecule has 0 fully saturated rings. The average Bonchev–Trinajstić information content (AvgIpc) is 3.37. The Morgan fingerprint density at radius 2 is 1.59 bits per heavy atom. The first-order valence-corrected chi connectivity index (χ1v) is 13.5. The summed E-state index contributed by atoms with van der Waals surface area (Å²) in [6, 6.07) is 16.6. The number of amides is 1. The zero-order valence-electron chi connectivity index (χ0n) is 23.5. The highest BCUT2D eigenvalue weighted by atomic mass is 16.5. The van der Waals surface area contributed by atoms with Crippen LogP contribution in [0.5, 0.6) is 23.0 Å². The molecular formula is C32H38N2O5. The van der Waals surface area contributed by atoms with Gasteiger partial charge < -0.3 is 24.3 Å². The summed E-state index contributed by atoms with van der Waals surface area (Å²) in [7, 11) is 6.60. The third kappa shape index (κ3) is 5.41. The molecule has 2 unspecified atom stereocenters. The third-order valence-electron chi connectivity index (χ3n) is 8.18. The van der Waals surface area contributed by atoms with Crippen molar-refractivity contribution >= 4 is 5.91 Å². The molecule has 206 valence electrons. The predicted molar refractivity (Wildman–Crippen MR) is 151 cm³/mol. The van der Waals surface area contributed by atoms with Crippen molar-refractivity contribution in [3.8, 4) is 23.0 Å². The van der Waals surface area contributed by atoms with Gasteiger partial charge in [-0.05, 0) is 90.3 Å². The zero-order valence-corrected chi connectivity index (χ0v) is 23.5. The van der Waals surface area contributed by atoms with E-state index in [-0.39, 0.29) is 18.0 Å². The molecule has 2 aliphatic rings. The van der Waals surface area contributed by atoms with Crippen LogP contribution < -0.4 is 24.3 Å². The van der Waals surface area contributed by atoms with Crippen LogP contribution >= 0.6 is 0 Å². The molecule has 39 heavy (non-hydrogen) atoms. The van der Waals surface area contributed by atoms with Crippen LogP contribution in [0.4, 0.5) is 0 Å². The van der Waals surface area contributed by atoms with Crippen LogP contribution in [0, 0.1) is 6.92 Å². The first-order chi connectivity index (χ1) is 18.9.